The quantitative estimate of drug-likeness (QED) is 0.181. The number of benzene rings is 2. The summed E-state index contributed by atoms with van der Waals surface area (Å²) in [7, 11) is 3.46. The van der Waals surface area contributed by atoms with Crippen LogP contribution in [0.2, 0.25) is 0 Å². The molecule has 0 spiro atoms. The first-order valence-corrected chi connectivity index (χ1v) is 22.7. The highest BCUT2D eigenvalue weighted by molar-refractivity contribution is 6.15. The number of amides is 3. The summed E-state index contributed by atoms with van der Waals surface area (Å²) in [4.78, 5) is 58.6. The lowest BCUT2D eigenvalue weighted by molar-refractivity contribution is -0.136. The fraction of sp³-hybridized carbons (Fsp3) is 0.574. The molecule has 5 fully saturated rings. The minimum absolute atomic E-state index is 0.0546. The predicted octanol–water partition coefficient (Wildman–Crippen LogP) is 4.86. The van der Waals surface area contributed by atoms with E-state index in [9.17, 15) is 14.4 Å². The fourth-order valence-corrected chi connectivity index (χ4v) is 10.4. The van der Waals surface area contributed by atoms with Gasteiger partial charge >= 0.3 is 0 Å². The fourth-order valence-electron chi connectivity index (χ4n) is 10.4. The van der Waals surface area contributed by atoms with Crippen molar-refractivity contribution >= 4 is 46.7 Å². The second kappa shape index (κ2) is 17.5. The van der Waals surface area contributed by atoms with Crippen molar-refractivity contribution < 1.29 is 23.9 Å². The number of nitrogens with one attached hydrogen (secondary N) is 2. The SMILES string of the molecule is C=N/C(=C\C(=N/C)c1n[nH]c2ccc(OC3(C)CC3)cc12)N1CCC(CN2CCN(CC3CCN(c4ccc5c(c4OC)CN(C4CCC(=O)NC4=O)C5=O)CC3)C[C@@H]2C)CC1. The lowest BCUT2D eigenvalue weighted by atomic mass is 9.93. The molecule has 4 saturated heterocycles. The van der Waals surface area contributed by atoms with E-state index in [4.69, 9.17) is 9.47 Å². The van der Waals surface area contributed by atoms with Gasteiger partial charge in [-0.25, -0.2) is 4.99 Å². The Morgan fingerprint density at radius 3 is 2.44 bits per heavy atom. The number of aromatic amines is 1. The number of hydrogen-bond donors (Lipinski definition) is 2. The van der Waals surface area contributed by atoms with Crippen LogP contribution < -0.4 is 19.7 Å². The number of likely N-dealkylation sites (tertiary alicyclic amines) is 1. The number of anilines is 1. The first-order valence-electron chi connectivity index (χ1n) is 22.7. The van der Waals surface area contributed by atoms with Crippen LogP contribution in [-0.2, 0) is 16.1 Å². The largest absolute Gasteiger partial charge is 0.494 e. The Morgan fingerprint density at radius 2 is 1.74 bits per heavy atom. The molecule has 1 aromatic heterocycles. The van der Waals surface area contributed by atoms with Crippen LogP contribution in [0.3, 0.4) is 0 Å². The molecule has 1 saturated carbocycles. The van der Waals surface area contributed by atoms with Crippen molar-refractivity contribution in [2.75, 3.05) is 78.0 Å². The molecule has 1 aliphatic carbocycles. The van der Waals surface area contributed by atoms with Crippen molar-refractivity contribution in [1.29, 1.82) is 0 Å². The molecule has 1 unspecified atom stereocenters. The van der Waals surface area contributed by atoms with E-state index < -0.39 is 11.9 Å². The molecule has 3 amide bonds. The van der Waals surface area contributed by atoms with Crippen LogP contribution in [0.1, 0.15) is 86.8 Å². The van der Waals surface area contributed by atoms with Crippen molar-refractivity contribution in [2.45, 2.75) is 89.4 Å². The maximum atomic E-state index is 13.4. The molecule has 6 heterocycles. The molecule has 62 heavy (non-hydrogen) atoms. The van der Waals surface area contributed by atoms with E-state index >= 15 is 0 Å². The molecule has 2 N–H and O–H groups in total. The molecule has 3 aromatic rings. The number of H-pyrrole nitrogens is 1. The number of imide groups is 1. The summed E-state index contributed by atoms with van der Waals surface area (Å²) in [5, 5.41) is 11.2. The Hall–Kier alpha value is -5.28. The van der Waals surface area contributed by atoms with Crippen molar-refractivity contribution in [1.82, 2.24) is 35.1 Å². The molecule has 15 heteroatoms. The number of carbonyl (C=O) groups excluding carboxylic acids is 3. The van der Waals surface area contributed by atoms with Gasteiger partial charge in [-0.3, -0.25) is 34.7 Å². The number of piperidine rings is 3. The number of ether oxygens (including phenoxy) is 2. The lowest BCUT2D eigenvalue weighted by Gasteiger charge is -2.44. The standard InChI is InChI=1S/C47H62N10O5/c1-30-26-53(27-31-12-18-54(19-13-31)39-9-7-34-36(44(39)61-5)29-57(46(34)60)40-10-11-42(58)50-45(40)59)22-23-56(30)28-32-14-20-55(21-15-32)41(49-4)25-38(48-3)43-35-24-33(62-47(2)16-17-47)6-8-37(35)51-52-43/h6-9,24-25,30-32,40H,4,10-23,26-29H2,1-3,5H3,(H,51,52)(H,50,58,59)/b41-25+,48-38+/t30-,40?/m0/s1. The van der Waals surface area contributed by atoms with Gasteiger partial charge in [-0.2, -0.15) is 5.10 Å². The van der Waals surface area contributed by atoms with Crippen LogP contribution >= 0.6 is 0 Å². The number of methoxy groups -OCH3 is 1. The van der Waals surface area contributed by atoms with Gasteiger partial charge in [0.15, 0.2) is 0 Å². The van der Waals surface area contributed by atoms with Crippen LogP contribution in [-0.4, -0.2) is 151 Å². The van der Waals surface area contributed by atoms with Crippen molar-refractivity contribution in [3.63, 3.8) is 0 Å². The maximum Gasteiger partial charge on any atom is 0.255 e. The number of carbonyl (C=O) groups is 3. The van der Waals surface area contributed by atoms with E-state index in [-0.39, 0.29) is 23.8 Å². The van der Waals surface area contributed by atoms with Crippen LogP contribution in [0.4, 0.5) is 5.69 Å². The zero-order valence-electron chi connectivity index (χ0n) is 36.8. The summed E-state index contributed by atoms with van der Waals surface area (Å²) in [6.07, 6.45) is 9.20. The monoisotopic (exact) mass is 846 g/mol. The van der Waals surface area contributed by atoms with Crippen LogP contribution in [0.15, 0.2) is 52.2 Å². The van der Waals surface area contributed by atoms with Gasteiger partial charge in [0.05, 0.1) is 30.6 Å². The summed E-state index contributed by atoms with van der Waals surface area (Å²) >= 11 is 0. The van der Waals surface area contributed by atoms with Gasteiger partial charge in [-0.15, -0.1) is 0 Å². The zero-order valence-corrected chi connectivity index (χ0v) is 36.8. The van der Waals surface area contributed by atoms with Gasteiger partial charge in [0.25, 0.3) is 5.91 Å². The molecule has 2 atom stereocenters. The summed E-state index contributed by atoms with van der Waals surface area (Å²) in [6.45, 7) is 18.1. The zero-order chi connectivity index (χ0) is 43.1. The van der Waals surface area contributed by atoms with Crippen LogP contribution in [0.5, 0.6) is 11.5 Å². The number of aliphatic imine (C=N–C) groups is 2. The van der Waals surface area contributed by atoms with E-state index in [0.29, 0.717) is 36.4 Å². The molecule has 5 aliphatic heterocycles. The number of nitrogens with zero attached hydrogens (tertiary/aromatic N) is 8. The Bertz CT molecular complexity index is 2270. The van der Waals surface area contributed by atoms with E-state index in [1.807, 2.05) is 30.3 Å². The molecule has 15 nitrogen and oxygen atoms in total. The average Bonchev–Trinajstić information content (AvgIpc) is 3.70. The molecular formula is C47H62N10O5. The number of fused-ring (bicyclic) bond motifs is 2. The van der Waals surface area contributed by atoms with E-state index in [2.05, 4.69) is 71.7 Å². The molecule has 9 rings (SSSR count). The minimum Gasteiger partial charge on any atom is -0.494 e. The van der Waals surface area contributed by atoms with Gasteiger partial charge in [0.2, 0.25) is 11.8 Å². The molecular weight excluding hydrogens is 785 g/mol. The number of aromatic nitrogens is 2. The van der Waals surface area contributed by atoms with Crippen molar-refractivity contribution in [3.8, 4) is 11.5 Å². The summed E-state index contributed by atoms with van der Waals surface area (Å²) in [5.41, 5.74) is 4.87. The second-order valence-corrected chi connectivity index (χ2v) is 18.6. The van der Waals surface area contributed by atoms with Gasteiger partial charge in [-0.1, -0.05) is 0 Å². The number of hydrogen-bond acceptors (Lipinski definition) is 12. The maximum absolute atomic E-state index is 13.4. The van der Waals surface area contributed by atoms with E-state index in [1.165, 1.54) is 0 Å². The first kappa shape index (κ1) is 42.0. The van der Waals surface area contributed by atoms with Crippen molar-refractivity contribution in [2.24, 2.45) is 21.8 Å². The van der Waals surface area contributed by atoms with Crippen LogP contribution in [0, 0.1) is 11.8 Å². The smallest absolute Gasteiger partial charge is 0.255 e. The highest BCUT2D eigenvalue weighted by Crippen LogP contribution is 2.42. The molecule has 0 radical (unpaired) electrons. The molecule has 6 aliphatic rings. The highest BCUT2D eigenvalue weighted by atomic mass is 16.5. The third kappa shape index (κ3) is 8.57. The topological polar surface area (TPSA) is 151 Å². The van der Waals surface area contributed by atoms with Crippen LogP contribution in [0.25, 0.3) is 10.9 Å². The van der Waals surface area contributed by atoms with Crippen molar-refractivity contribution in [3.05, 3.63) is 59.0 Å². The summed E-state index contributed by atoms with van der Waals surface area (Å²) in [6, 6.07) is 9.85. The number of rotatable bonds is 13. The normalized spacial score (nSPS) is 24.5. The Labute approximate surface area is 364 Å². The van der Waals surface area contributed by atoms with E-state index in [1.54, 1.807) is 19.1 Å². The predicted molar refractivity (Wildman–Crippen MR) is 240 cm³/mol. The lowest BCUT2D eigenvalue weighted by Crippen LogP contribution is -2.54. The second-order valence-electron chi connectivity index (χ2n) is 18.6. The summed E-state index contributed by atoms with van der Waals surface area (Å²) in [5.74, 6) is 2.83. The van der Waals surface area contributed by atoms with Gasteiger partial charge in [0, 0.05) is 101 Å². The third-order valence-corrected chi connectivity index (χ3v) is 14.4. The van der Waals surface area contributed by atoms with Gasteiger partial charge in [-0.05, 0) is 108 Å². The highest BCUT2D eigenvalue weighted by Gasteiger charge is 2.42. The molecule has 2 aromatic carbocycles. The first-order chi connectivity index (χ1) is 30.0. The van der Waals surface area contributed by atoms with E-state index in [0.717, 1.165) is 148 Å². The summed E-state index contributed by atoms with van der Waals surface area (Å²) < 4.78 is 12.2. The molecule has 0 bridgehead atoms. The third-order valence-electron chi connectivity index (χ3n) is 14.4. The number of piperazine rings is 1. The molecule has 330 valence electrons. The number of allylic oxidation sites excluding steroid dienone is 1. The Kier molecular flexibility index (Phi) is 11.8. The Balaban J connectivity index is 0.736. The van der Waals surface area contributed by atoms with Gasteiger partial charge < -0.3 is 29.1 Å². The average molecular weight is 847 g/mol. The van der Waals surface area contributed by atoms with Gasteiger partial charge in [0.1, 0.15) is 34.7 Å². The minimum atomic E-state index is -0.645. The Morgan fingerprint density at radius 1 is 0.984 bits per heavy atom.